The van der Waals surface area contributed by atoms with E-state index in [0.29, 0.717) is 5.92 Å². The molecule has 2 aromatic rings. The van der Waals surface area contributed by atoms with Crippen molar-refractivity contribution in [2.45, 2.75) is 25.3 Å². The van der Waals surface area contributed by atoms with Crippen LogP contribution in [0.25, 0.3) is 0 Å². The van der Waals surface area contributed by atoms with Crippen molar-refractivity contribution < 1.29 is 4.39 Å². The molecule has 0 aliphatic carbocycles. The lowest BCUT2D eigenvalue weighted by Gasteiger charge is -2.32. The molecule has 104 valence electrons. The number of likely N-dealkylation sites (tertiary alicyclic amines) is 1. The molecule has 1 aromatic heterocycles. The van der Waals surface area contributed by atoms with Crippen molar-refractivity contribution >= 4 is 0 Å². The lowest BCUT2D eigenvalue weighted by atomic mass is 9.94. The van der Waals surface area contributed by atoms with Gasteiger partial charge in [0.25, 0.3) is 0 Å². The molecule has 0 unspecified atom stereocenters. The first-order chi connectivity index (χ1) is 9.81. The zero-order chi connectivity index (χ0) is 13.8. The minimum atomic E-state index is -0.175. The fraction of sp³-hybridized carbons (Fsp3) is 0.375. The summed E-state index contributed by atoms with van der Waals surface area (Å²) >= 11 is 0. The van der Waals surface area contributed by atoms with Gasteiger partial charge in [0.05, 0.1) is 0 Å². The Balaban J connectivity index is 1.65. The predicted molar refractivity (Wildman–Crippen MR) is 75.7 cm³/mol. The number of hydrogen-bond donors (Lipinski definition) is 0. The molecule has 1 aromatic carbocycles. The van der Waals surface area contributed by atoms with Gasteiger partial charge < -0.3 is 0 Å². The van der Waals surface area contributed by atoms with Gasteiger partial charge >= 0.3 is 0 Å². The van der Waals surface area contributed by atoms with Crippen LogP contribution in [0.1, 0.15) is 30.0 Å². The van der Waals surface area contributed by atoms with E-state index in [0.717, 1.165) is 30.9 Å². The second-order valence-electron chi connectivity index (χ2n) is 5.33. The Morgan fingerprint density at radius 3 is 2.80 bits per heavy atom. The SMILES string of the molecule is Fc1ccc(CN2CCC[C@H](c3ccncn3)C2)cc1. The number of piperidine rings is 1. The fourth-order valence-corrected chi connectivity index (χ4v) is 2.83. The molecule has 0 spiro atoms. The summed E-state index contributed by atoms with van der Waals surface area (Å²) in [5, 5.41) is 0. The molecule has 3 rings (SSSR count). The van der Waals surface area contributed by atoms with E-state index in [4.69, 9.17) is 0 Å². The molecule has 0 saturated carbocycles. The second kappa shape index (κ2) is 6.09. The van der Waals surface area contributed by atoms with E-state index >= 15 is 0 Å². The molecular weight excluding hydrogens is 253 g/mol. The third kappa shape index (κ3) is 3.20. The molecule has 0 amide bonds. The van der Waals surface area contributed by atoms with Crippen LogP contribution in [0.3, 0.4) is 0 Å². The summed E-state index contributed by atoms with van der Waals surface area (Å²) in [5.74, 6) is 0.304. The Hall–Kier alpha value is -1.81. The number of rotatable bonds is 3. The van der Waals surface area contributed by atoms with Crippen molar-refractivity contribution in [1.29, 1.82) is 0 Å². The Bertz CT molecular complexity index is 541. The standard InChI is InChI=1S/C16H18FN3/c17-15-5-3-13(4-6-15)10-20-9-1-2-14(11-20)16-7-8-18-12-19-16/h3-8,12,14H,1-2,9-11H2/t14-/m0/s1. The van der Waals surface area contributed by atoms with E-state index in [1.807, 2.05) is 18.2 Å². The van der Waals surface area contributed by atoms with Crippen LogP contribution in [0.2, 0.25) is 0 Å². The van der Waals surface area contributed by atoms with Crippen LogP contribution in [0.15, 0.2) is 42.9 Å². The average molecular weight is 271 g/mol. The molecule has 1 atom stereocenters. The van der Waals surface area contributed by atoms with Gasteiger partial charge in [-0.3, -0.25) is 4.90 Å². The molecule has 20 heavy (non-hydrogen) atoms. The number of benzene rings is 1. The van der Waals surface area contributed by atoms with Gasteiger partial charge in [-0.1, -0.05) is 12.1 Å². The Morgan fingerprint density at radius 1 is 1.20 bits per heavy atom. The van der Waals surface area contributed by atoms with Crippen LogP contribution in [-0.2, 0) is 6.54 Å². The first-order valence-corrected chi connectivity index (χ1v) is 7.04. The summed E-state index contributed by atoms with van der Waals surface area (Å²) in [4.78, 5) is 10.8. The molecule has 2 heterocycles. The quantitative estimate of drug-likeness (QED) is 0.859. The van der Waals surface area contributed by atoms with Crippen LogP contribution < -0.4 is 0 Å². The van der Waals surface area contributed by atoms with Crippen molar-refractivity contribution in [2.75, 3.05) is 13.1 Å². The van der Waals surface area contributed by atoms with E-state index < -0.39 is 0 Å². The van der Waals surface area contributed by atoms with Crippen molar-refractivity contribution in [3.05, 3.63) is 59.9 Å². The van der Waals surface area contributed by atoms with Gasteiger partial charge in [-0.25, -0.2) is 14.4 Å². The maximum Gasteiger partial charge on any atom is 0.123 e. The van der Waals surface area contributed by atoms with Crippen LogP contribution in [0.4, 0.5) is 4.39 Å². The number of halogens is 1. The normalized spacial score (nSPS) is 19.9. The topological polar surface area (TPSA) is 29.0 Å². The highest BCUT2D eigenvalue weighted by molar-refractivity contribution is 5.16. The number of hydrogen-bond acceptors (Lipinski definition) is 3. The fourth-order valence-electron chi connectivity index (χ4n) is 2.83. The molecule has 1 aliphatic heterocycles. The van der Waals surface area contributed by atoms with Crippen LogP contribution in [0.5, 0.6) is 0 Å². The smallest absolute Gasteiger partial charge is 0.123 e. The predicted octanol–water partition coefficient (Wildman–Crippen LogP) is 3.00. The summed E-state index contributed by atoms with van der Waals surface area (Å²) in [7, 11) is 0. The molecule has 0 radical (unpaired) electrons. The molecule has 4 heteroatoms. The monoisotopic (exact) mass is 271 g/mol. The van der Waals surface area contributed by atoms with Gasteiger partial charge in [-0.05, 0) is 43.1 Å². The minimum Gasteiger partial charge on any atom is -0.298 e. The summed E-state index contributed by atoms with van der Waals surface area (Å²) in [6, 6.07) is 8.79. The van der Waals surface area contributed by atoms with Gasteiger partial charge in [0.15, 0.2) is 0 Å². The zero-order valence-electron chi connectivity index (χ0n) is 11.4. The average Bonchev–Trinajstić information content (AvgIpc) is 2.51. The van der Waals surface area contributed by atoms with Crippen molar-refractivity contribution in [2.24, 2.45) is 0 Å². The van der Waals surface area contributed by atoms with E-state index in [-0.39, 0.29) is 5.82 Å². The van der Waals surface area contributed by atoms with Gasteiger partial charge in [-0.15, -0.1) is 0 Å². The minimum absolute atomic E-state index is 0.175. The zero-order valence-corrected chi connectivity index (χ0v) is 11.4. The lowest BCUT2D eigenvalue weighted by Crippen LogP contribution is -2.34. The van der Waals surface area contributed by atoms with Crippen molar-refractivity contribution in [3.63, 3.8) is 0 Å². The van der Waals surface area contributed by atoms with Crippen LogP contribution in [0, 0.1) is 5.82 Å². The van der Waals surface area contributed by atoms with Gasteiger partial charge in [0.1, 0.15) is 12.1 Å². The number of aromatic nitrogens is 2. The largest absolute Gasteiger partial charge is 0.298 e. The lowest BCUT2D eigenvalue weighted by molar-refractivity contribution is 0.198. The molecule has 0 N–H and O–H groups in total. The van der Waals surface area contributed by atoms with Gasteiger partial charge in [0.2, 0.25) is 0 Å². The maximum absolute atomic E-state index is 12.9. The first-order valence-electron chi connectivity index (χ1n) is 7.04. The van der Waals surface area contributed by atoms with E-state index in [2.05, 4.69) is 14.9 Å². The summed E-state index contributed by atoms with van der Waals surface area (Å²) < 4.78 is 12.9. The number of nitrogens with zero attached hydrogens (tertiary/aromatic N) is 3. The highest BCUT2D eigenvalue weighted by atomic mass is 19.1. The summed E-state index contributed by atoms with van der Waals surface area (Å²) in [6.45, 7) is 2.98. The van der Waals surface area contributed by atoms with Crippen LogP contribution >= 0.6 is 0 Å². The van der Waals surface area contributed by atoms with Gasteiger partial charge in [0, 0.05) is 30.9 Å². The summed E-state index contributed by atoms with van der Waals surface area (Å²) in [6.07, 6.45) is 5.78. The van der Waals surface area contributed by atoms with Gasteiger partial charge in [-0.2, -0.15) is 0 Å². The van der Waals surface area contributed by atoms with Crippen molar-refractivity contribution in [1.82, 2.24) is 14.9 Å². The molecule has 3 nitrogen and oxygen atoms in total. The molecule has 1 aliphatic rings. The van der Waals surface area contributed by atoms with Crippen LogP contribution in [-0.4, -0.2) is 28.0 Å². The van der Waals surface area contributed by atoms with E-state index in [1.54, 1.807) is 12.5 Å². The van der Waals surface area contributed by atoms with E-state index in [1.165, 1.54) is 25.0 Å². The third-order valence-corrected chi connectivity index (χ3v) is 3.85. The van der Waals surface area contributed by atoms with Crippen molar-refractivity contribution in [3.8, 4) is 0 Å². The third-order valence-electron chi connectivity index (χ3n) is 3.85. The molecule has 0 bridgehead atoms. The Kier molecular flexibility index (Phi) is 4.02. The Morgan fingerprint density at radius 2 is 2.05 bits per heavy atom. The highest BCUT2D eigenvalue weighted by Crippen LogP contribution is 2.26. The first kappa shape index (κ1) is 13.2. The Labute approximate surface area is 118 Å². The maximum atomic E-state index is 12.9. The summed E-state index contributed by atoms with van der Waals surface area (Å²) in [5.41, 5.74) is 2.29. The highest BCUT2D eigenvalue weighted by Gasteiger charge is 2.22. The van der Waals surface area contributed by atoms with E-state index in [9.17, 15) is 4.39 Å². The molecule has 1 saturated heterocycles. The molecular formula is C16H18FN3. The second-order valence-corrected chi connectivity index (χ2v) is 5.33. The molecule has 1 fully saturated rings.